The van der Waals surface area contributed by atoms with Crippen molar-refractivity contribution in [2.45, 2.75) is 13.0 Å². The Morgan fingerprint density at radius 3 is 2.72 bits per heavy atom. The van der Waals surface area contributed by atoms with E-state index in [-0.39, 0.29) is 12.0 Å². The fraction of sp³-hybridized carbons (Fsp3) is 0.308. The maximum atomic E-state index is 11.4. The molecule has 1 unspecified atom stereocenters. The first-order valence-corrected chi connectivity index (χ1v) is 6.75. The van der Waals surface area contributed by atoms with Crippen LogP contribution in [0.4, 0.5) is 0 Å². The van der Waals surface area contributed by atoms with Gasteiger partial charge < -0.3 is 15.0 Å². The van der Waals surface area contributed by atoms with Crippen molar-refractivity contribution in [1.29, 1.82) is 0 Å². The van der Waals surface area contributed by atoms with Gasteiger partial charge in [-0.2, -0.15) is 0 Å². The molecule has 1 aliphatic rings. The van der Waals surface area contributed by atoms with Crippen LogP contribution in [0.25, 0.3) is 0 Å². The van der Waals surface area contributed by atoms with Crippen LogP contribution in [-0.4, -0.2) is 24.6 Å². The van der Waals surface area contributed by atoms with Gasteiger partial charge in [-0.05, 0) is 47.2 Å². The van der Waals surface area contributed by atoms with E-state index in [9.17, 15) is 4.79 Å². The second kappa shape index (κ2) is 5.60. The van der Waals surface area contributed by atoms with Gasteiger partial charge in [0.05, 0.1) is 19.8 Å². The number of hydrogen-bond acceptors (Lipinski definition) is 4. The van der Waals surface area contributed by atoms with E-state index in [1.807, 2.05) is 6.20 Å². The molecule has 18 heavy (non-hydrogen) atoms. The second-order valence-electron chi connectivity index (χ2n) is 4.11. The molecule has 0 radical (unpaired) electrons. The quantitative estimate of drug-likeness (QED) is 0.665. The average Bonchev–Trinajstić information content (AvgIpc) is 2.87. The van der Waals surface area contributed by atoms with Gasteiger partial charge in [0.15, 0.2) is 0 Å². The number of nitrogens with zero attached hydrogens (tertiary/aromatic N) is 1. The third-order valence-corrected chi connectivity index (χ3v) is 3.72. The van der Waals surface area contributed by atoms with Crippen molar-refractivity contribution in [3.05, 3.63) is 45.3 Å². The Hall–Kier alpha value is -1.24. The summed E-state index contributed by atoms with van der Waals surface area (Å²) in [7, 11) is 1.38. The largest absolute Gasteiger partial charge is 0.464 e. The molecule has 2 rings (SSSR count). The Balaban J connectivity index is 2.11. The summed E-state index contributed by atoms with van der Waals surface area (Å²) < 4.78 is 5.90. The van der Waals surface area contributed by atoms with E-state index in [0.717, 1.165) is 0 Å². The topological polar surface area (TPSA) is 41.6 Å². The van der Waals surface area contributed by atoms with Crippen LogP contribution in [0.3, 0.4) is 0 Å². The SMILES string of the molecule is COC(=O)C1=CN(C(C)c2ccc(I)cc2)CN1. The van der Waals surface area contributed by atoms with E-state index < -0.39 is 0 Å². The summed E-state index contributed by atoms with van der Waals surface area (Å²) in [6.07, 6.45) is 1.81. The molecule has 0 bridgehead atoms. The summed E-state index contributed by atoms with van der Waals surface area (Å²) in [6.45, 7) is 2.73. The molecule has 1 aromatic rings. The lowest BCUT2D eigenvalue weighted by Gasteiger charge is -2.23. The van der Waals surface area contributed by atoms with Crippen molar-refractivity contribution >= 4 is 28.6 Å². The van der Waals surface area contributed by atoms with Crippen LogP contribution in [0.15, 0.2) is 36.2 Å². The number of rotatable bonds is 3. The van der Waals surface area contributed by atoms with Gasteiger partial charge in [0.1, 0.15) is 5.70 Å². The van der Waals surface area contributed by atoms with Gasteiger partial charge in [-0.25, -0.2) is 4.79 Å². The van der Waals surface area contributed by atoms with Gasteiger partial charge in [-0.1, -0.05) is 12.1 Å². The molecule has 1 aromatic carbocycles. The van der Waals surface area contributed by atoms with Crippen LogP contribution in [0.2, 0.25) is 0 Å². The molecule has 0 saturated heterocycles. The third kappa shape index (κ3) is 2.77. The molecule has 0 spiro atoms. The minimum atomic E-state index is -0.327. The number of methoxy groups -OCH3 is 1. The normalized spacial score (nSPS) is 15.9. The first-order chi connectivity index (χ1) is 8.61. The minimum Gasteiger partial charge on any atom is -0.464 e. The Morgan fingerprint density at radius 2 is 2.11 bits per heavy atom. The van der Waals surface area contributed by atoms with Crippen molar-refractivity contribution in [1.82, 2.24) is 10.2 Å². The number of carbonyl (C=O) groups excluding carboxylic acids is 1. The van der Waals surface area contributed by atoms with Gasteiger partial charge in [0.25, 0.3) is 0 Å². The Kier molecular flexibility index (Phi) is 4.11. The number of carbonyl (C=O) groups is 1. The molecule has 5 heteroatoms. The summed E-state index contributed by atoms with van der Waals surface area (Å²) in [4.78, 5) is 13.5. The Morgan fingerprint density at radius 1 is 1.44 bits per heavy atom. The standard InChI is InChI=1S/C13H15IN2O2/c1-9(10-3-5-11(14)6-4-10)16-7-12(15-8-16)13(17)18-2/h3-7,9,15H,8H2,1-2H3. The lowest BCUT2D eigenvalue weighted by Crippen LogP contribution is -2.25. The summed E-state index contributed by atoms with van der Waals surface area (Å²) in [5, 5.41) is 3.03. The lowest BCUT2D eigenvalue weighted by molar-refractivity contribution is -0.136. The average molecular weight is 358 g/mol. The maximum absolute atomic E-state index is 11.4. The van der Waals surface area contributed by atoms with E-state index in [1.165, 1.54) is 16.2 Å². The number of benzene rings is 1. The predicted octanol–water partition coefficient (Wildman–Crippen LogP) is 2.23. The number of hydrogen-bond donors (Lipinski definition) is 1. The molecule has 1 heterocycles. The molecule has 1 N–H and O–H groups in total. The van der Waals surface area contributed by atoms with Gasteiger partial charge in [-0.15, -0.1) is 0 Å². The molecule has 0 aliphatic carbocycles. The number of ether oxygens (including phenoxy) is 1. The summed E-state index contributed by atoms with van der Waals surface area (Å²) in [6, 6.07) is 8.60. The molecule has 4 nitrogen and oxygen atoms in total. The third-order valence-electron chi connectivity index (χ3n) is 3.00. The monoisotopic (exact) mass is 358 g/mol. The molecule has 0 fully saturated rings. The molecule has 0 amide bonds. The molecule has 0 saturated carbocycles. The highest BCUT2D eigenvalue weighted by Crippen LogP contribution is 2.23. The molecule has 1 aliphatic heterocycles. The Labute approximate surface area is 120 Å². The maximum Gasteiger partial charge on any atom is 0.355 e. The zero-order valence-corrected chi connectivity index (χ0v) is 12.5. The number of nitrogens with one attached hydrogen (secondary N) is 1. The molecular weight excluding hydrogens is 343 g/mol. The van der Waals surface area contributed by atoms with Gasteiger partial charge in [0.2, 0.25) is 0 Å². The summed E-state index contributed by atoms with van der Waals surface area (Å²) >= 11 is 2.29. The fourth-order valence-corrected chi connectivity index (χ4v) is 2.21. The van der Waals surface area contributed by atoms with Crippen molar-refractivity contribution in [2.24, 2.45) is 0 Å². The minimum absolute atomic E-state index is 0.219. The molecule has 96 valence electrons. The molecule has 1 atom stereocenters. The first kappa shape index (κ1) is 13.2. The summed E-state index contributed by atoms with van der Waals surface area (Å²) in [5.41, 5.74) is 1.73. The second-order valence-corrected chi connectivity index (χ2v) is 5.36. The zero-order chi connectivity index (χ0) is 13.1. The van der Waals surface area contributed by atoms with Crippen LogP contribution in [-0.2, 0) is 9.53 Å². The lowest BCUT2D eigenvalue weighted by atomic mass is 10.1. The smallest absolute Gasteiger partial charge is 0.355 e. The van der Waals surface area contributed by atoms with Gasteiger partial charge in [-0.3, -0.25) is 0 Å². The van der Waals surface area contributed by atoms with E-state index in [2.05, 4.69) is 68.7 Å². The number of esters is 1. The van der Waals surface area contributed by atoms with Gasteiger partial charge in [0, 0.05) is 9.77 Å². The highest BCUT2D eigenvalue weighted by atomic mass is 127. The van der Waals surface area contributed by atoms with Crippen molar-refractivity contribution in [2.75, 3.05) is 13.8 Å². The van der Waals surface area contributed by atoms with E-state index >= 15 is 0 Å². The van der Waals surface area contributed by atoms with Crippen LogP contribution >= 0.6 is 22.6 Å². The first-order valence-electron chi connectivity index (χ1n) is 5.67. The zero-order valence-electron chi connectivity index (χ0n) is 10.3. The Bertz CT molecular complexity index is 470. The fourth-order valence-electron chi connectivity index (χ4n) is 1.85. The predicted molar refractivity (Wildman–Crippen MR) is 77.5 cm³/mol. The highest BCUT2D eigenvalue weighted by Gasteiger charge is 2.22. The van der Waals surface area contributed by atoms with Gasteiger partial charge >= 0.3 is 5.97 Å². The van der Waals surface area contributed by atoms with Crippen LogP contribution < -0.4 is 5.32 Å². The van der Waals surface area contributed by atoms with E-state index in [0.29, 0.717) is 12.4 Å². The molecule has 0 aromatic heterocycles. The van der Waals surface area contributed by atoms with Crippen molar-refractivity contribution in [3.8, 4) is 0 Å². The van der Waals surface area contributed by atoms with E-state index in [4.69, 9.17) is 0 Å². The van der Waals surface area contributed by atoms with Crippen LogP contribution in [0.5, 0.6) is 0 Å². The highest BCUT2D eigenvalue weighted by molar-refractivity contribution is 14.1. The van der Waals surface area contributed by atoms with Crippen molar-refractivity contribution in [3.63, 3.8) is 0 Å². The van der Waals surface area contributed by atoms with Crippen LogP contribution in [0, 0.1) is 3.57 Å². The van der Waals surface area contributed by atoms with Crippen molar-refractivity contribution < 1.29 is 9.53 Å². The van der Waals surface area contributed by atoms with Crippen LogP contribution in [0.1, 0.15) is 18.5 Å². The molecular formula is C13H15IN2O2. The number of halogens is 1. The summed E-state index contributed by atoms with van der Waals surface area (Å²) in [5.74, 6) is -0.327. The van der Waals surface area contributed by atoms with E-state index in [1.54, 1.807) is 0 Å².